The summed E-state index contributed by atoms with van der Waals surface area (Å²) in [7, 11) is 0. The fourth-order valence-electron chi connectivity index (χ4n) is 1.79. The van der Waals surface area contributed by atoms with Crippen LogP contribution in [0.4, 0.5) is 17.6 Å². The second-order valence-electron chi connectivity index (χ2n) is 4.93. The minimum absolute atomic E-state index is 0.0698. The van der Waals surface area contributed by atoms with E-state index in [-0.39, 0.29) is 13.0 Å². The fourth-order valence-corrected chi connectivity index (χ4v) is 1.98. The van der Waals surface area contributed by atoms with Crippen molar-refractivity contribution in [1.29, 1.82) is 0 Å². The molecule has 24 heavy (non-hydrogen) atoms. The second kappa shape index (κ2) is 7.21. The molecule has 1 aliphatic carbocycles. The van der Waals surface area contributed by atoms with Crippen LogP contribution in [0.3, 0.4) is 0 Å². The van der Waals surface area contributed by atoms with Crippen LogP contribution in [0.1, 0.15) is 18.9 Å². The van der Waals surface area contributed by atoms with Gasteiger partial charge in [0.1, 0.15) is 22.5 Å². The number of esters is 1. The van der Waals surface area contributed by atoms with E-state index in [4.69, 9.17) is 11.6 Å². The highest BCUT2D eigenvalue weighted by molar-refractivity contribution is 6.31. The molecule has 1 aliphatic rings. The lowest BCUT2D eigenvalue weighted by atomic mass is 10.1. The molecule has 2 rings (SSSR count). The molecule has 0 aliphatic heterocycles. The van der Waals surface area contributed by atoms with E-state index in [0.29, 0.717) is 6.07 Å². The highest BCUT2D eigenvalue weighted by atomic mass is 35.5. The van der Waals surface area contributed by atoms with Crippen LogP contribution in [0.25, 0.3) is 5.76 Å². The Hall–Kier alpha value is -2.09. The van der Waals surface area contributed by atoms with Gasteiger partial charge >= 0.3 is 5.97 Å². The van der Waals surface area contributed by atoms with Crippen molar-refractivity contribution in [3.05, 3.63) is 39.7 Å². The van der Waals surface area contributed by atoms with Gasteiger partial charge in [0.25, 0.3) is 0 Å². The van der Waals surface area contributed by atoms with Crippen molar-refractivity contribution in [2.24, 2.45) is 4.99 Å². The van der Waals surface area contributed by atoms with E-state index >= 15 is 0 Å². The Balaban J connectivity index is 2.52. The molecule has 0 saturated heterocycles. The Kier molecular flexibility index (Phi) is 5.48. The molecule has 1 saturated carbocycles. The quantitative estimate of drug-likeness (QED) is 0.164. The van der Waals surface area contributed by atoms with Crippen molar-refractivity contribution in [2.75, 3.05) is 6.61 Å². The predicted molar refractivity (Wildman–Crippen MR) is 79.3 cm³/mol. The number of carbonyl (C=O) groups excluding carboxylic acids is 1. The van der Waals surface area contributed by atoms with E-state index in [1.54, 1.807) is 0 Å². The summed E-state index contributed by atoms with van der Waals surface area (Å²) in [6, 6.07) is -0.339. The Morgan fingerprint density at radius 2 is 2.08 bits per heavy atom. The summed E-state index contributed by atoms with van der Waals surface area (Å²) in [5.41, 5.74) is -1.47. The van der Waals surface area contributed by atoms with Crippen molar-refractivity contribution < 1.29 is 32.2 Å². The lowest BCUT2D eigenvalue weighted by Crippen LogP contribution is -2.12. The van der Waals surface area contributed by atoms with Crippen LogP contribution in [0.15, 0.2) is 16.6 Å². The summed E-state index contributed by atoms with van der Waals surface area (Å²) in [6.45, 7) is 1.41. The summed E-state index contributed by atoms with van der Waals surface area (Å²) in [5.74, 6) is -6.75. The molecule has 0 radical (unpaired) electrons. The van der Waals surface area contributed by atoms with Crippen molar-refractivity contribution in [1.82, 2.24) is 0 Å². The van der Waals surface area contributed by atoms with Gasteiger partial charge in [0.15, 0.2) is 17.5 Å². The Labute approximate surface area is 139 Å². The number of halogens is 5. The number of aliphatic hydroxyl groups excluding tert-OH is 1. The molecule has 1 aromatic rings. The molecule has 9 heteroatoms. The van der Waals surface area contributed by atoms with E-state index < -0.39 is 57.6 Å². The molecule has 1 aromatic carbocycles. The van der Waals surface area contributed by atoms with Crippen LogP contribution in [0.5, 0.6) is 0 Å². The standard InChI is InChI=1S/C15H12ClF4NO3/c1-2-24-15(23)7(5-21-10-4-8(10)17)14(22)6-3-9(18)13(20)11(16)12(6)19/h3,5,8,10,22H,2,4H2,1H3/b14-7-,21-5?/t8-,10-/m0/s1. The third-order valence-corrected chi connectivity index (χ3v) is 3.52. The van der Waals surface area contributed by atoms with Crippen molar-refractivity contribution in [3.63, 3.8) is 0 Å². The smallest absolute Gasteiger partial charge is 0.343 e. The minimum atomic E-state index is -1.63. The van der Waals surface area contributed by atoms with Gasteiger partial charge in [-0.3, -0.25) is 4.99 Å². The van der Waals surface area contributed by atoms with E-state index in [2.05, 4.69) is 9.73 Å². The average Bonchev–Trinajstić information content (AvgIpc) is 3.24. The molecule has 0 spiro atoms. The number of carbonyl (C=O) groups is 1. The van der Waals surface area contributed by atoms with Crippen LogP contribution in [-0.4, -0.2) is 36.1 Å². The summed E-state index contributed by atoms with van der Waals surface area (Å²) >= 11 is 5.31. The zero-order valence-electron chi connectivity index (χ0n) is 12.3. The maximum absolute atomic E-state index is 14.0. The van der Waals surface area contributed by atoms with Gasteiger partial charge in [-0.25, -0.2) is 22.4 Å². The molecule has 0 aromatic heterocycles. The number of ether oxygens (including phenoxy) is 1. The summed E-state index contributed by atoms with van der Waals surface area (Å²) in [6.07, 6.45) is -0.202. The number of nitrogens with zero attached hydrogens (tertiary/aromatic N) is 1. The normalized spacial score (nSPS) is 20.9. The van der Waals surface area contributed by atoms with Crippen LogP contribution < -0.4 is 0 Å². The largest absolute Gasteiger partial charge is 0.506 e. The Morgan fingerprint density at radius 1 is 1.46 bits per heavy atom. The van der Waals surface area contributed by atoms with Crippen LogP contribution in [0.2, 0.25) is 5.02 Å². The van der Waals surface area contributed by atoms with Gasteiger partial charge in [-0.05, 0) is 13.0 Å². The Bertz CT molecular complexity index is 736. The van der Waals surface area contributed by atoms with Gasteiger partial charge in [-0.1, -0.05) is 11.6 Å². The topological polar surface area (TPSA) is 58.9 Å². The zero-order chi connectivity index (χ0) is 18.0. The second-order valence-corrected chi connectivity index (χ2v) is 5.31. The number of benzene rings is 1. The van der Waals surface area contributed by atoms with Gasteiger partial charge in [-0.15, -0.1) is 0 Å². The molecule has 0 amide bonds. The monoisotopic (exact) mass is 365 g/mol. The van der Waals surface area contributed by atoms with Gasteiger partial charge < -0.3 is 9.84 Å². The SMILES string of the molecule is CCOC(=O)/C(C=N[C@H]1C[C@@H]1F)=C(\O)c1cc(F)c(F)c(Cl)c1F. The van der Waals surface area contributed by atoms with Crippen LogP contribution in [0, 0.1) is 17.5 Å². The van der Waals surface area contributed by atoms with Gasteiger partial charge in [0.05, 0.1) is 18.2 Å². The predicted octanol–water partition coefficient (Wildman–Crippen LogP) is 3.77. The first-order valence-corrected chi connectivity index (χ1v) is 7.26. The number of aliphatic hydroxyl groups is 1. The number of hydrogen-bond donors (Lipinski definition) is 1. The molecule has 2 atom stereocenters. The maximum Gasteiger partial charge on any atom is 0.343 e. The first-order valence-electron chi connectivity index (χ1n) is 6.88. The molecule has 4 nitrogen and oxygen atoms in total. The number of rotatable bonds is 5. The first-order chi connectivity index (χ1) is 11.3. The van der Waals surface area contributed by atoms with Crippen molar-refractivity contribution in [2.45, 2.75) is 25.6 Å². The third-order valence-electron chi connectivity index (χ3n) is 3.18. The van der Waals surface area contributed by atoms with E-state index in [9.17, 15) is 27.5 Å². The lowest BCUT2D eigenvalue weighted by molar-refractivity contribution is -0.137. The van der Waals surface area contributed by atoms with Crippen LogP contribution >= 0.6 is 11.6 Å². The highest BCUT2D eigenvalue weighted by Crippen LogP contribution is 2.31. The summed E-state index contributed by atoms with van der Waals surface area (Å²) in [5, 5.41) is 8.93. The molecule has 1 N–H and O–H groups in total. The lowest BCUT2D eigenvalue weighted by Gasteiger charge is -2.09. The minimum Gasteiger partial charge on any atom is -0.506 e. The molecule has 0 bridgehead atoms. The van der Waals surface area contributed by atoms with Gasteiger partial charge in [0.2, 0.25) is 0 Å². The maximum atomic E-state index is 14.0. The fraction of sp³-hybridized carbons (Fsp3) is 0.333. The first kappa shape index (κ1) is 18.3. The van der Waals surface area contributed by atoms with Crippen molar-refractivity contribution >= 4 is 29.5 Å². The highest BCUT2D eigenvalue weighted by Gasteiger charge is 2.37. The molecular weight excluding hydrogens is 354 g/mol. The third kappa shape index (κ3) is 3.69. The number of aliphatic imine (C=N–C) groups is 1. The van der Waals surface area contributed by atoms with E-state index in [1.807, 2.05) is 0 Å². The zero-order valence-corrected chi connectivity index (χ0v) is 13.1. The molecular formula is C15H12ClF4NO3. The van der Waals surface area contributed by atoms with Crippen LogP contribution in [-0.2, 0) is 9.53 Å². The molecule has 0 heterocycles. The van der Waals surface area contributed by atoms with Crippen molar-refractivity contribution in [3.8, 4) is 0 Å². The Morgan fingerprint density at radius 3 is 2.62 bits per heavy atom. The van der Waals surface area contributed by atoms with E-state index in [1.165, 1.54) is 6.92 Å². The molecule has 1 fully saturated rings. The van der Waals surface area contributed by atoms with Gasteiger partial charge in [0, 0.05) is 12.6 Å². The van der Waals surface area contributed by atoms with E-state index in [0.717, 1.165) is 6.21 Å². The molecule has 0 unspecified atom stereocenters. The summed E-state index contributed by atoms with van der Waals surface area (Å²) < 4.78 is 58.1. The average molecular weight is 366 g/mol. The van der Waals surface area contributed by atoms with Gasteiger partial charge in [-0.2, -0.15) is 0 Å². The number of alkyl halides is 1. The summed E-state index contributed by atoms with van der Waals surface area (Å²) in [4.78, 5) is 15.6. The molecule has 130 valence electrons. The number of hydrogen-bond acceptors (Lipinski definition) is 4.